The van der Waals surface area contributed by atoms with E-state index in [9.17, 15) is 0 Å². The van der Waals surface area contributed by atoms with Crippen molar-refractivity contribution < 1.29 is 4.43 Å². The molecule has 0 spiro atoms. The predicted octanol–water partition coefficient (Wildman–Crippen LogP) is 6.65. The van der Waals surface area contributed by atoms with Gasteiger partial charge >= 0.3 is 0 Å². The molecule has 176 valence electrons. The summed E-state index contributed by atoms with van der Waals surface area (Å²) in [5.41, 5.74) is 10.4. The van der Waals surface area contributed by atoms with Crippen LogP contribution in [-0.4, -0.2) is 20.5 Å². The Morgan fingerprint density at radius 1 is 0.853 bits per heavy atom. The third-order valence-electron chi connectivity index (χ3n) is 7.19. The van der Waals surface area contributed by atoms with Crippen molar-refractivity contribution in [3.05, 3.63) is 107 Å². The second kappa shape index (κ2) is 10.6. The Kier molecular flexibility index (Phi) is 7.57. The van der Waals surface area contributed by atoms with Crippen LogP contribution in [0, 0.1) is 5.92 Å². The van der Waals surface area contributed by atoms with Crippen LogP contribution >= 0.6 is 0 Å². The van der Waals surface area contributed by atoms with Crippen LogP contribution in [0.15, 0.2) is 96.1 Å². The summed E-state index contributed by atoms with van der Waals surface area (Å²) in [6, 6.07) is 32.4. The van der Waals surface area contributed by atoms with E-state index in [0.29, 0.717) is 5.92 Å². The molecular weight excluding hydrogens is 434 g/mol. The fourth-order valence-corrected chi connectivity index (χ4v) is 10.4. The highest BCUT2D eigenvalue weighted by Crippen LogP contribution is 2.41. The van der Waals surface area contributed by atoms with Gasteiger partial charge in [0.2, 0.25) is 0 Å². The highest BCUT2D eigenvalue weighted by Gasteiger charge is 2.52. The van der Waals surface area contributed by atoms with Crippen molar-refractivity contribution in [1.82, 2.24) is 0 Å². The largest absolute Gasteiger partial charge is 0.404 e. The molecule has 1 aliphatic carbocycles. The van der Waals surface area contributed by atoms with E-state index >= 15 is 0 Å². The molecule has 34 heavy (non-hydrogen) atoms. The molecule has 1 aliphatic rings. The highest BCUT2D eigenvalue weighted by atomic mass is 28.4. The van der Waals surface area contributed by atoms with Gasteiger partial charge in [-0.25, -0.2) is 0 Å². The molecule has 0 radical (unpaired) electrons. The molecule has 0 bridgehead atoms. The third-order valence-corrected chi connectivity index (χ3v) is 12.2. The van der Waals surface area contributed by atoms with Crippen LogP contribution < -0.4 is 10.4 Å². The van der Waals surface area contributed by atoms with Crippen molar-refractivity contribution in [2.24, 2.45) is 11.0 Å². The Morgan fingerprint density at radius 3 is 1.88 bits per heavy atom. The average molecular weight is 470 g/mol. The summed E-state index contributed by atoms with van der Waals surface area (Å²) in [5.74, 6) is 0.299. The Morgan fingerprint density at radius 2 is 1.38 bits per heavy atom. The van der Waals surface area contributed by atoms with Gasteiger partial charge in [0.1, 0.15) is 0 Å². The smallest absolute Gasteiger partial charge is 0.261 e. The van der Waals surface area contributed by atoms with E-state index in [2.05, 4.69) is 122 Å². The fraction of sp³-hybridized carbons (Fsp3) is 0.379. The molecule has 1 fully saturated rings. The zero-order chi connectivity index (χ0) is 24.0. The maximum atomic E-state index is 9.08. The van der Waals surface area contributed by atoms with Crippen molar-refractivity contribution >= 4 is 18.7 Å². The second-order valence-electron chi connectivity index (χ2n) is 10.4. The van der Waals surface area contributed by atoms with Gasteiger partial charge in [-0.15, -0.1) is 0 Å². The predicted molar refractivity (Wildman–Crippen MR) is 143 cm³/mol. The number of hydrogen-bond acceptors (Lipinski definition) is 2. The zero-order valence-electron chi connectivity index (χ0n) is 20.5. The van der Waals surface area contributed by atoms with E-state index in [4.69, 9.17) is 9.96 Å². The molecule has 0 saturated heterocycles. The van der Waals surface area contributed by atoms with E-state index in [0.717, 1.165) is 25.7 Å². The first-order chi connectivity index (χ1) is 16.4. The molecular formula is C29H35N3OSi. The van der Waals surface area contributed by atoms with Gasteiger partial charge in [-0.2, -0.15) is 0 Å². The molecule has 3 atom stereocenters. The van der Waals surface area contributed by atoms with E-state index in [-0.39, 0.29) is 17.2 Å². The number of nitrogens with zero attached hydrogens (tertiary/aromatic N) is 3. The summed E-state index contributed by atoms with van der Waals surface area (Å²) in [6.07, 6.45) is 3.68. The van der Waals surface area contributed by atoms with Crippen molar-refractivity contribution in [2.45, 2.75) is 63.6 Å². The van der Waals surface area contributed by atoms with Crippen LogP contribution in [0.25, 0.3) is 10.4 Å². The fourth-order valence-electron chi connectivity index (χ4n) is 5.59. The minimum absolute atomic E-state index is 0.0396. The molecule has 0 unspecified atom stereocenters. The van der Waals surface area contributed by atoms with Crippen LogP contribution in [-0.2, 0) is 10.8 Å². The minimum Gasteiger partial charge on any atom is -0.404 e. The Balaban J connectivity index is 1.78. The van der Waals surface area contributed by atoms with Crippen LogP contribution in [0.4, 0.5) is 0 Å². The topological polar surface area (TPSA) is 58.0 Å². The Hall–Kier alpha value is -2.85. The molecule has 4 rings (SSSR count). The Bertz CT molecular complexity index is 1050. The molecule has 0 aromatic heterocycles. The molecule has 0 aliphatic heterocycles. The second-order valence-corrected chi connectivity index (χ2v) is 14.7. The monoisotopic (exact) mass is 469 g/mol. The average Bonchev–Trinajstić information content (AvgIpc) is 2.85. The summed E-state index contributed by atoms with van der Waals surface area (Å²) in [5, 5.41) is 6.67. The van der Waals surface area contributed by atoms with Gasteiger partial charge in [0.05, 0.1) is 0 Å². The van der Waals surface area contributed by atoms with Crippen molar-refractivity contribution in [1.29, 1.82) is 0 Å². The van der Waals surface area contributed by atoms with Gasteiger partial charge in [0, 0.05) is 17.1 Å². The maximum Gasteiger partial charge on any atom is 0.261 e. The van der Waals surface area contributed by atoms with Crippen molar-refractivity contribution in [3.63, 3.8) is 0 Å². The molecule has 1 saturated carbocycles. The molecule has 0 heterocycles. The SMILES string of the molecule is CC(C)(C)[Si](O[C@H]1CC[C@@H](N=[N+]=[N-])C[C@@H]1Cc1ccccc1)(c1ccccc1)c1ccccc1. The van der Waals surface area contributed by atoms with Crippen LogP contribution in [0.3, 0.4) is 0 Å². The lowest BCUT2D eigenvalue weighted by molar-refractivity contribution is 0.0758. The van der Waals surface area contributed by atoms with Crippen molar-refractivity contribution in [3.8, 4) is 0 Å². The van der Waals surface area contributed by atoms with Gasteiger partial charge < -0.3 is 4.43 Å². The number of benzene rings is 3. The van der Waals surface area contributed by atoms with E-state index in [1.54, 1.807) is 0 Å². The lowest BCUT2D eigenvalue weighted by Crippen LogP contribution is -2.68. The summed E-state index contributed by atoms with van der Waals surface area (Å²) in [7, 11) is -2.64. The lowest BCUT2D eigenvalue weighted by Gasteiger charge is -2.48. The van der Waals surface area contributed by atoms with Crippen molar-refractivity contribution in [2.75, 3.05) is 0 Å². The van der Waals surface area contributed by atoms with E-state index in [1.165, 1.54) is 15.9 Å². The first kappa shape index (κ1) is 24.3. The van der Waals surface area contributed by atoms with Gasteiger partial charge in [-0.05, 0) is 58.1 Å². The summed E-state index contributed by atoms with van der Waals surface area (Å²) >= 11 is 0. The molecule has 3 aromatic rings. The van der Waals surface area contributed by atoms with Gasteiger partial charge in [0.25, 0.3) is 8.32 Å². The van der Waals surface area contributed by atoms with E-state index < -0.39 is 8.32 Å². The first-order valence-corrected chi connectivity index (χ1v) is 14.2. The standard InChI is InChI=1S/C29H35N3OSi/c1-29(2,3)34(26-15-9-5-10-16-26,27-17-11-6-12-18-27)33-28-20-19-25(31-32-30)22-24(28)21-23-13-7-4-8-14-23/h4-18,24-25,28H,19-22H2,1-3H3/t24-,25+,28-/m0/s1. The summed E-state index contributed by atoms with van der Waals surface area (Å²) in [6.45, 7) is 6.99. The normalized spacial score (nSPS) is 21.0. The minimum atomic E-state index is -2.64. The quantitative estimate of drug-likeness (QED) is 0.165. The zero-order valence-corrected chi connectivity index (χ0v) is 21.5. The van der Waals surface area contributed by atoms with Crippen LogP contribution in [0.1, 0.15) is 45.6 Å². The molecule has 5 heteroatoms. The molecule has 0 N–H and O–H groups in total. The highest BCUT2D eigenvalue weighted by molar-refractivity contribution is 6.99. The van der Waals surface area contributed by atoms with Crippen LogP contribution in [0.2, 0.25) is 5.04 Å². The number of azide groups is 1. The van der Waals surface area contributed by atoms with E-state index in [1.807, 2.05) is 0 Å². The number of rotatable bonds is 7. The van der Waals surface area contributed by atoms with Crippen LogP contribution in [0.5, 0.6) is 0 Å². The number of hydrogen-bond donors (Lipinski definition) is 0. The lowest BCUT2D eigenvalue weighted by atomic mass is 9.80. The summed E-state index contributed by atoms with van der Waals surface area (Å²) in [4.78, 5) is 3.13. The van der Waals surface area contributed by atoms with Gasteiger partial charge in [-0.1, -0.05) is 117 Å². The molecule has 4 nitrogen and oxygen atoms in total. The van der Waals surface area contributed by atoms with Gasteiger partial charge in [0.15, 0.2) is 0 Å². The molecule has 3 aromatic carbocycles. The first-order valence-electron chi connectivity index (χ1n) is 12.3. The molecule has 0 amide bonds. The Labute approximate surface area is 204 Å². The third kappa shape index (κ3) is 5.12. The summed E-state index contributed by atoms with van der Waals surface area (Å²) < 4.78 is 7.53. The van der Waals surface area contributed by atoms with Gasteiger partial charge in [-0.3, -0.25) is 0 Å². The maximum absolute atomic E-state index is 9.08.